The molecule has 0 saturated carbocycles. The second kappa shape index (κ2) is 5.35. The minimum absolute atomic E-state index is 0.139. The van der Waals surface area contributed by atoms with Gasteiger partial charge in [-0.05, 0) is 29.9 Å². The van der Waals surface area contributed by atoms with Crippen molar-refractivity contribution >= 4 is 23.0 Å². The van der Waals surface area contributed by atoms with Crippen LogP contribution in [0.3, 0.4) is 0 Å². The highest BCUT2D eigenvalue weighted by Gasteiger charge is 2.20. The second-order valence-corrected chi connectivity index (χ2v) is 4.99. The van der Waals surface area contributed by atoms with E-state index in [4.69, 9.17) is 12.2 Å². The van der Waals surface area contributed by atoms with E-state index >= 15 is 0 Å². The third-order valence-electron chi connectivity index (χ3n) is 3.22. The summed E-state index contributed by atoms with van der Waals surface area (Å²) in [5.74, 6) is 0.262. The molecule has 3 nitrogen and oxygen atoms in total. The van der Waals surface area contributed by atoms with Crippen molar-refractivity contribution in [1.82, 2.24) is 10.6 Å². The highest BCUT2D eigenvalue weighted by atomic mass is 32.1. The lowest BCUT2D eigenvalue weighted by atomic mass is 10.0. The minimum Gasteiger partial charge on any atom is -0.508 e. The largest absolute Gasteiger partial charge is 0.508 e. The number of phenolic OH excluding ortho intramolecular Hbond substituents is 1. The van der Waals surface area contributed by atoms with Crippen LogP contribution < -0.4 is 10.6 Å². The summed E-state index contributed by atoms with van der Waals surface area (Å²) in [4.78, 5) is 0. The maximum Gasteiger partial charge on any atom is 0.171 e. The Bertz CT molecular complexity index is 667. The molecule has 3 N–H and O–H groups in total. The topological polar surface area (TPSA) is 44.3 Å². The third kappa shape index (κ3) is 2.51. The van der Waals surface area contributed by atoms with E-state index in [2.05, 4.69) is 10.6 Å². The zero-order valence-corrected chi connectivity index (χ0v) is 11.5. The zero-order chi connectivity index (χ0) is 13.9. The number of hydrogen-bond acceptors (Lipinski definition) is 2. The van der Waals surface area contributed by atoms with Gasteiger partial charge in [-0.3, -0.25) is 0 Å². The summed E-state index contributed by atoms with van der Waals surface area (Å²) in [6.07, 6.45) is 2.03. The third-order valence-corrected chi connectivity index (χ3v) is 3.44. The van der Waals surface area contributed by atoms with Crippen molar-refractivity contribution in [2.75, 3.05) is 0 Å². The number of hydrogen-bond donors (Lipinski definition) is 3. The zero-order valence-electron chi connectivity index (χ0n) is 10.7. The Morgan fingerprint density at radius 1 is 0.950 bits per heavy atom. The Morgan fingerprint density at radius 3 is 2.40 bits per heavy atom. The highest BCUT2D eigenvalue weighted by Crippen LogP contribution is 2.28. The molecule has 0 bridgehead atoms. The Morgan fingerprint density at radius 2 is 1.65 bits per heavy atom. The molecule has 0 aliphatic carbocycles. The van der Waals surface area contributed by atoms with Crippen molar-refractivity contribution in [2.24, 2.45) is 0 Å². The van der Waals surface area contributed by atoms with Crippen LogP contribution in [0.2, 0.25) is 0 Å². The maximum absolute atomic E-state index is 9.97. The van der Waals surface area contributed by atoms with E-state index in [-0.39, 0.29) is 11.8 Å². The van der Waals surface area contributed by atoms with E-state index in [9.17, 15) is 5.11 Å². The average molecular weight is 282 g/mol. The van der Waals surface area contributed by atoms with Crippen molar-refractivity contribution in [3.8, 4) is 5.75 Å². The molecule has 1 heterocycles. The van der Waals surface area contributed by atoms with Crippen LogP contribution in [0.1, 0.15) is 17.2 Å². The lowest BCUT2D eigenvalue weighted by Gasteiger charge is -2.26. The first-order valence-electron chi connectivity index (χ1n) is 6.37. The summed E-state index contributed by atoms with van der Waals surface area (Å²) in [5, 5.41) is 16.8. The van der Waals surface area contributed by atoms with Gasteiger partial charge in [-0.2, -0.15) is 0 Å². The lowest BCUT2D eigenvalue weighted by Crippen LogP contribution is -2.40. The quantitative estimate of drug-likeness (QED) is 0.741. The monoisotopic (exact) mass is 282 g/mol. The number of benzene rings is 2. The van der Waals surface area contributed by atoms with E-state index in [1.54, 1.807) is 12.1 Å². The molecule has 0 spiro atoms. The van der Waals surface area contributed by atoms with E-state index < -0.39 is 0 Å². The second-order valence-electron chi connectivity index (χ2n) is 4.58. The van der Waals surface area contributed by atoms with Gasteiger partial charge in [0.05, 0.1) is 6.04 Å². The summed E-state index contributed by atoms with van der Waals surface area (Å²) >= 11 is 5.26. The molecule has 0 radical (unpaired) electrons. The van der Waals surface area contributed by atoms with Crippen molar-refractivity contribution in [2.45, 2.75) is 6.04 Å². The van der Waals surface area contributed by atoms with Crippen LogP contribution in [0.5, 0.6) is 5.75 Å². The number of nitrogens with one attached hydrogen (secondary N) is 2. The van der Waals surface area contributed by atoms with Crippen LogP contribution in [0, 0.1) is 0 Å². The summed E-state index contributed by atoms with van der Waals surface area (Å²) < 4.78 is 0. The van der Waals surface area contributed by atoms with Crippen LogP contribution in [0.15, 0.2) is 60.7 Å². The van der Waals surface area contributed by atoms with Gasteiger partial charge in [0, 0.05) is 11.3 Å². The molecule has 0 amide bonds. The van der Waals surface area contributed by atoms with Crippen LogP contribution in [0.25, 0.3) is 5.70 Å². The SMILES string of the molecule is Oc1ccccc1C1C=C(c2ccccc2)NC(=S)N1. The molecule has 1 aliphatic rings. The fourth-order valence-corrected chi connectivity index (χ4v) is 2.49. The summed E-state index contributed by atoms with van der Waals surface area (Å²) in [6.45, 7) is 0. The first-order chi connectivity index (χ1) is 9.74. The van der Waals surface area contributed by atoms with E-state index in [0.717, 1.165) is 16.8 Å². The Kier molecular flexibility index (Phi) is 3.39. The van der Waals surface area contributed by atoms with Crippen molar-refractivity contribution in [3.63, 3.8) is 0 Å². The molecule has 0 saturated heterocycles. The Hall–Kier alpha value is -2.33. The Labute approximate surface area is 123 Å². The van der Waals surface area contributed by atoms with Crippen LogP contribution in [-0.4, -0.2) is 10.2 Å². The summed E-state index contributed by atoms with van der Waals surface area (Å²) in [5.41, 5.74) is 2.82. The predicted octanol–water partition coefficient (Wildman–Crippen LogP) is 2.95. The molecular weight excluding hydrogens is 268 g/mol. The van der Waals surface area contributed by atoms with Gasteiger partial charge in [0.2, 0.25) is 0 Å². The Balaban J connectivity index is 2.01. The first kappa shape index (κ1) is 12.7. The number of para-hydroxylation sites is 1. The molecule has 20 heavy (non-hydrogen) atoms. The minimum atomic E-state index is -0.139. The van der Waals surface area contributed by atoms with Crippen molar-refractivity contribution < 1.29 is 5.11 Å². The van der Waals surface area contributed by atoms with Crippen LogP contribution in [0.4, 0.5) is 0 Å². The molecule has 2 aromatic carbocycles. The van der Waals surface area contributed by atoms with Gasteiger partial charge in [-0.1, -0.05) is 48.5 Å². The summed E-state index contributed by atoms with van der Waals surface area (Å²) in [7, 11) is 0. The molecule has 0 aromatic heterocycles. The van der Waals surface area contributed by atoms with E-state index in [1.165, 1.54) is 0 Å². The molecular formula is C16H14N2OS. The number of aromatic hydroxyl groups is 1. The molecule has 100 valence electrons. The van der Waals surface area contributed by atoms with Gasteiger partial charge in [0.1, 0.15) is 5.75 Å². The molecule has 1 atom stereocenters. The van der Waals surface area contributed by atoms with Gasteiger partial charge in [0.25, 0.3) is 0 Å². The highest BCUT2D eigenvalue weighted by molar-refractivity contribution is 7.80. The fourth-order valence-electron chi connectivity index (χ4n) is 2.25. The van der Waals surface area contributed by atoms with E-state index in [0.29, 0.717) is 5.11 Å². The standard InChI is InChI=1S/C16H14N2OS/c19-15-9-5-4-8-12(15)14-10-13(17-16(20)18-14)11-6-2-1-3-7-11/h1-10,14,19H,(H2,17,18,20). The molecule has 1 aliphatic heterocycles. The molecule has 2 aromatic rings. The van der Waals surface area contributed by atoms with Crippen molar-refractivity contribution in [3.05, 3.63) is 71.8 Å². The van der Waals surface area contributed by atoms with Crippen LogP contribution >= 0.6 is 12.2 Å². The van der Waals surface area contributed by atoms with Gasteiger partial charge >= 0.3 is 0 Å². The molecule has 4 heteroatoms. The van der Waals surface area contributed by atoms with Crippen molar-refractivity contribution in [1.29, 1.82) is 0 Å². The number of phenols is 1. The average Bonchev–Trinajstić information content (AvgIpc) is 2.48. The lowest BCUT2D eigenvalue weighted by molar-refractivity contribution is 0.463. The molecule has 1 unspecified atom stereocenters. The van der Waals surface area contributed by atoms with Gasteiger partial charge in [-0.25, -0.2) is 0 Å². The van der Waals surface area contributed by atoms with Crippen LogP contribution in [-0.2, 0) is 0 Å². The van der Waals surface area contributed by atoms with E-state index in [1.807, 2.05) is 48.5 Å². The molecule has 0 fully saturated rings. The first-order valence-corrected chi connectivity index (χ1v) is 6.77. The normalized spacial score (nSPS) is 17.9. The number of thiocarbonyl (C=S) groups is 1. The number of rotatable bonds is 2. The molecule has 3 rings (SSSR count). The van der Waals surface area contributed by atoms with Gasteiger partial charge < -0.3 is 15.7 Å². The predicted molar refractivity (Wildman–Crippen MR) is 84.1 cm³/mol. The van der Waals surface area contributed by atoms with Gasteiger partial charge in [0.15, 0.2) is 5.11 Å². The summed E-state index contributed by atoms with van der Waals surface area (Å²) in [6, 6.07) is 17.1. The fraction of sp³-hybridized carbons (Fsp3) is 0.0625. The van der Waals surface area contributed by atoms with Gasteiger partial charge in [-0.15, -0.1) is 0 Å². The maximum atomic E-state index is 9.97. The smallest absolute Gasteiger partial charge is 0.171 e.